The first-order valence-electron chi connectivity index (χ1n) is 2.79. The summed E-state index contributed by atoms with van der Waals surface area (Å²) in [5.74, 6) is 0.148. The minimum absolute atomic E-state index is 0.148. The maximum Gasteiger partial charge on any atom is 0.307 e. The zero-order valence-corrected chi connectivity index (χ0v) is 7.70. The van der Waals surface area contributed by atoms with Crippen molar-refractivity contribution >= 4 is 21.5 Å². The van der Waals surface area contributed by atoms with Crippen LogP contribution in [0.2, 0.25) is 0 Å². The molecule has 4 nitrogen and oxygen atoms in total. The average molecular weight is 193 g/mol. The van der Waals surface area contributed by atoms with E-state index in [0.29, 0.717) is 0 Å². The lowest BCUT2D eigenvalue weighted by Crippen LogP contribution is -2.05. The summed E-state index contributed by atoms with van der Waals surface area (Å²) in [7, 11) is -3.42. The van der Waals surface area contributed by atoms with Gasteiger partial charge in [0.2, 0.25) is 5.88 Å². The first-order valence-corrected chi connectivity index (χ1v) is 5.48. The number of nitrogens with zero attached hydrogens (tertiary/aromatic N) is 1. The predicted octanol–water partition coefficient (Wildman–Crippen LogP) is 0.790. The van der Waals surface area contributed by atoms with E-state index in [4.69, 9.17) is 0 Å². The van der Waals surface area contributed by atoms with Crippen molar-refractivity contribution in [1.82, 2.24) is 4.98 Å². The highest BCUT2D eigenvalue weighted by molar-refractivity contribution is 7.86. The molecule has 0 aliphatic heterocycles. The van der Waals surface area contributed by atoms with Crippen molar-refractivity contribution in [2.75, 3.05) is 6.26 Å². The molecule has 0 aliphatic rings. The SMILES string of the molecule is Cc1nc(OS(C)(=O)=O)cs1. The summed E-state index contributed by atoms with van der Waals surface area (Å²) in [5.41, 5.74) is 0. The number of thiazole rings is 1. The van der Waals surface area contributed by atoms with E-state index in [1.165, 1.54) is 11.3 Å². The van der Waals surface area contributed by atoms with Crippen LogP contribution in [0.1, 0.15) is 5.01 Å². The quantitative estimate of drug-likeness (QED) is 0.651. The molecular formula is C5H7NO3S2. The third kappa shape index (κ3) is 2.85. The minimum Gasteiger partial charge on any atom is -0.361 e. The van der Waals surface area contributed by atoms with Gasteiger partial charge in [0.15, 0.2) is 0 Å². The van der Waals surface area contributed by atoms with Crippen molar-refractivity contribution in [2.45, 2.75) is 6.92 Å². The summed E-state index contributed by atoms with van der Waals surface area (Å²) >= 11 is 1.34. The Kier molecular flexibility index (Phi) is 2.15. The van der Waals surface area contributed by atoms with Crippen LogP contribution in [0.25, 0.3) is 0 Å². The minimum atomic E-state index is -3.42. The highest BCUT2D eigenvalue weighted by Gasteiger charge is 2.06. The van der Waals surface area contributed by atoms with Crippen LogP contribution >= 0.6 is 11.3 Å². The van der Waals surface area contributed by atoms with E-state index in [0.717, 1.165) is 11.3 Å². The molecule has 0 aliphatic carbocycles. The monoisotopic (exact) mass is 193 g/mol. The molecule has 1 rings (SSSR count). The van der Waals surface area contributed by atoms with Crippen LogP contribution in [0.15, 0.2) is 5.38 Å². The first-order chi connectivity index (χ1) is 4.97. The van der Waals surface area contributed by atoms with E-state index < -0.39 is 10.1 Å². The second kappa shape index (κ2) is 2.78. The van der Waals surface area contributed by atoms with Crippen molar-refractivity contribution in [3.63, 3.8) is 0 Å². The predicted molar refractivity (Wildman–Crippen MR) is 42.3 cm³/mol. The molecule has 0 saturated heterocycles. The fourth-order valence-corrected chi connectivity index (χ4v) is 1.51. The molecule has 1 aromatic rings. The first kappa shape index (κ1) is 8.48. The number of aryl methyl sites for hydroxylation is 1. The molecule has 1 heterocycles. The van der Waals surface area contributed by atoms with E-state index in [1.807, 2.05) is 0 Å². The molecule has 1 aromatic heterocycles. The Morgan fingerprint density at radius 2 is 2.27 bits per heavy atom. The van der Waals surface area contributed by atoms with Crippen molar-refractivity contribution < 1.29 is 12.6 Å². The zero-order chi connectivity index (χ0) is 8.48. The van der Waals surface area contributed by atoms with Crippen LogP contribution in [0.5, 0.6) is 5.88 Å². The maximum absolute atomic E-state index is 10.6. The van der Waals surface area contributed by atoms with Crippen LogP contribution in [0.4, 0.5) is 0 Å². The number of hydrogen-bond acceptors (Lipinski definition) is 5. The summed E-state index contributed by atoms with van der Waals surface area (Å²) < 4.78 is 25.6. The van der Waals surface area contributed by atoms with Gasteiger partial charge in [0, 0.05) is 0 Å². The van der Waals surface area contributed by atoms with E-state index in [1.54, 1.807) is 12.3 Å². The third-order valence-corrected chi connectivity index (χ3v) is 2.06. The maximum atomic E-state index is 10.6. The lowest BCUT2D eigenvalue weighted by Gasteiger charge is -1.94. The molecule has 0 saturated carbocycles. The van der Waals surface area contributed by atoms with E-state index in [-0.39, 0.29) is 5.88 Å². The van der Waals surface area contributed by atoms with Crippen molar-refractivity contribution in [3.05, 3.63) is 10.4 Å². The molecule has 0 unspecified atom stereocenters. The summed E-state index contributed by atoms with van der Waals surface area (Å²) in [6.45, 7) is 1.78. The van der Waals surface area contributed by atoms with Crippen LogP contribution in [0, 0.1) is 6.92 Å². The fourth-order valence-electron chi connectivity index (χ4n) is 0.537. The summed E-state index contributed by atoms with van der Waals surface area (Å²) in [6, 6.07) is 0. The molecule has 0 amide bonds. The standard InChI is InChI=1S/C5H7NO3S2/c1-4-6-5(3-10-4)9-11(2,7)8/h3H,1-2H3. The molecule has 62 valence electrons. The second-order valence-electron chi connectivity index (χ2n) is 1.99. The van der Waals surface area contributed by atoms with Gasteiger partial charge in [-0.15, -0.1) is 11.3 Å². The van der Waals surface area contributed by atoms with E-state index in [2.05, 4.69) is 9.17 Å². The Hall–Kier alpha value is -0.620. The number of rotatable bonds is 2. The number of aromatic nitrogens is 1. The average Bonchev–Trinajstić information content (AvgIpc) is 2.10. The van der Waals surface area contributed by atoms with Gasteiger partial charge in [-0.2, -0.15) is 8.42 Å². The van der Waals surface area contributed by atoms with E-state index in [9.17, 15) is 8.42 Å². The lowest BCUT2D eigenvalue weighted by molar-refractivity contribution is 0.484. The highest BCUT2D eigenvalue weighted by Crippen LogP contribution is 2.15. The summed E-state index contributed by atoms with van der Waals surface area (Å²) in [4.78, 5) is 3.81. The molecule has 0 fully saturated rings. The Labute approximate surface area is 69.0 Å². The second-order valence-corrected chi connectivity index (χ2v) is 4.63. The highest BCUT2D eigenvalue weighted by atomic mass is 32.2. The Morgan fingerprint density at radius 3 is 2.64 bits per heavy atom. The lowest BCUT2D eigenvalue weighted by atomic mass is 10.8. The van der Waals surface area contributed by atoms with Crippen LogP contribution in [-0.2, 0) is 10.1 Å². The summed E-state index contributed by atoms with van der Waals surface area (Å²) in [5, 5.41) is 2.33. The van der Waals surface area contributed by atoms with Gasteiger partial charge >= 0.3 is 10.1 Å². The molecule has 0 spiro atoms. The van der Waals surface area contributed by atoms with Gasteiger partial charge in [0.1, 0.15) is 0 Å². The number of hydrogen-bond donors (Lipinski definition) is 0. The van der Waals surface area contributed by atoms with Crippen LogP contribution < -0.4 is 4.18 Å². The van der Waals surface area contributed by atoms with Gasteiger partial charge in [0.25, 0.3) is 0 Å². The van der Waals surface area contributed by atoms with Gasteiger partial charge in [-0.05, 0) is 6.92 Å². The molecule has 6 heteroatoms. The fraction of sp³-hybridized carbons (Fsp3) is 0.400. The Bertz CT molecular complexity index is 340. The Balaban J connectivity index is 2.81. The van der Waals surface area contributed by atoms with Crippen LogP contribution in [-0.4, -0.2) is 19.7 Å². The van der Waals surface area contributed by atoms with Gasteiger partial charge in [0.05, 0.1) is 16.6 Å². The molecule has 0 atom stereocenters. The molecule has 0 bridgehead atoms. The zero-order valence-electron chi connectivity index (χ0n) is 6.07. The molecule has 0 aromatic carbocycles. The smallest absolute Gasteiger partial charge is 0.307 e. The van der Waals surface area contributed by atoms with Crippen molar-refractivity contribution in [3.8, 4) is 5.88 Å². The molecular weight excluding hydrogens is 186 g/mol. The summed E-state index contributed by atoms with van der Waals surface area (Å²) in [6.07, 6.45) is 0.988. The van der Waals surface area contributed by atoms with Crippen molar-refractivity contribution in [1.29, 1.82) is 0 Å². The largest absolute Gasteiger partial charge is 0.361 e. The van der Waals surface area contributed by atoms with Gasteiger partial charge in [-0.25, -0.2) is 4.98 Å². The third-order valence-electron chi connectivity index (χ3n) is 0.835. The van der Waals surface area contributed by atoms with Crippen LogP contribution in [0.3, 0.4) is 0 Å². The topological polar surface area (TPSA) is 56.3 Å². The van der Waals surface area contributed by atoms with Gasteiger partial charge < -0.3 is 4.18 Å². The Morgan fingerprint density at radius 1 is 1.64 bits per heavy atom. The molecule has 0 N–H and O–H groups in total. The van der Waals surface area contributed by atoms with E-state index >= 15 is 0 Å². The van der Waals surface area contributed by atoms with Gasteiger partial charge in [-0.3, -0.25) is 0 Å². The van der Waals surface area contributed by atoms with Gasteiger partial charge in [-0.1, -0.05) is 0 Å². The normalized spacial score (nSPS) is 11.5. The molecule has 0 radical (unpaired) electrons. The molecule has 11 heavy (non-hydrogen) atoms. The van der Waals surface area contributed by atoms with Crippen molar-refractivity contribution in [2.24, 2.45) is 0 Å².